The highest BCUT2D eigenvalue weighted by molar-refractivity contribution is 9.11. The Morgan fingerprint density at radius 2 is 2.06 bits per heavy atom. The van der Waals surface area contributed by atoms with E-state index in [9.17, 15) is 4.79 Å². The van der Waals surface area contributed by atoms with Crippen molar-refractivity contribution < 1.29 is 4.79 Å². The lowest BCUT2D eigenvalue weighted by Crippen LogP contribution is -2.14. The van der Waals surface area contributed by atoms with Crippen LogP contribution in [-0.4, -0.2) is 5.78 Å². The third-order valence-electron chi connectivity index (χ3n) is 3.58. The van der Waals surface area contributed by atoms with Gasteiger partial charge in [-0.25, -0.2) is 0 Å². The highest BCUT2D eigenvalue weighted by atomic mass is 79.9. The van der Waals surface area contributed by atoms with Crippen LogP contribution in [0.25, 0.3) is 0 Å². The molecule has 1 fully saturated rings. The Labute approximate surface area is 119 Å². The monoisotopic (exact) mass is 320 g/mol. The van der Waals surface area contributed by atoms with Crippen LogP contribution in [0.5, 0.6) is 0 Å². The molecule has 2 aromatic rings. The first-order chi connectivity index (χ1) is 8.75. The van der Waals surface area contributed by atoms with E-state index in [4.69, 9.17) is 0 Å². The fraction of sp³-hybridized carbons (Fsp3) is 0.267. The average Bonchev–Trinajstić information content (AvgIpc) is 2.74. The highest BCUT2D eigenvalue weighted by Gasteiger charge is 2.24. The second kappa shape index (κ2) is 4.98. The molecule has 1 saturated carbocycles. The molecule has 1 nitrogen and oxygen atoms in total. The third-order valence-corrected chi connectivity index (χ3v) is 5.08. The van der Waals surface area contributed by atoms with Gasteiger partial charge in [0.25, 0.3) is 0 Å². The van der Waals surface area contributed by atoms with Gasteiger partial charge < -0.3 is 0 Å². The smallest absolute Gasteiger partial charge is 0.194 e. The summed E-state index contributed by atoms with van der Waals surface area (Å²) in [5, 5.41) is 1.92. The largest absolute Gasteiger partial charge is 0.289 e. The minimum atomic E-state index is 0.152. The topological polar surface area (TPSA) is 17.1 Å². The number of hydrogen-bond donors (Lipinski definition) is 0. The Balaban J connectivity index is 1.98. The zero-order valence-electron chi connectivity index (χ0n) is 9.86. The molecule has 0 radical (unpaired) electrons. The molecule has 1 aliphatic carbocycles. The zero-order chi connectivity index (χ0) is 12.5. The zero-order valence-corrected chi connectivity index (χ0v) is 12.3. The van der Waals surface area contributed by atoms with Crippen LogP contribution in [0.1, 0.15) is 46.7 Å². The second-order valence-electron chi connectivity index (χ2n) is 4.68. The molecule has 0 N–H and O–H groups in total. The van der Waals surface area contributed by atoms with Crippen LogP contribution in [0.4, 0.5) is 0 Å². The van der Waals surface area contributed by atoms with Crippen LogP contribution >= 0.6 is 27.3 Å². The molecule has 3 rings (SSSR count). The summed E-state index contributed by atoms with van der Waals surface area (Å²) in [6, 6.07) is 9.97. The molecule has 0 aliphatic heterocycles. The fourth-order valence-corrected chi connectivity index (χ4v) is 3.50. The van der Waals surface area contributed by atoms with E-state index in [1.807, 2.05) is 29.6 Å². The van der Waals surface area contributed by atoms with Crippen LogP contribution in [0.15, 0.2) is 39.5 Å². The van der Waals surface area contributed by atoms with Gasteiger partial charge in [-0.15, -0.1) is 11.3 Å². The van der Waals surface area contributed by atoms with Crippen LogP contribution < -0.4 is 0 Å². The molecule has 0 unspecified atom stereocenters. The molecule has 1 heterocycles. The van der Waals surface area contributed by atoms with Gasteiger partial charge in [-0.2, -0.15) is 0 Å². The van der Waals surface area contributed by atoms with E-state index < -0.39 is 0 Å². The maximum atomic E-state index is 12.5. The molecule has 1 aliphatic rings. The van der Waals surface area contributed by atoms with Gasteiger partial charge >= 0.3 is 0 Å². The Morgan fingerprint density at radius 1 is 1.28 bits per heavy atom. The summed E-state index contributed by atoms with van der Waals surface area (Å²) < 4.78 is 1.01. The van der Waals surface area contributed by atoms with E-state index >= 15 is 0 Å². The minimum absolute atomic E-state index is 0.152. The number of halogens is 1. The lowest BCUT2D eigenvalue weighted by Gasteiger charge is -2.27. The van der Waals surface area contributed by atoms with Crippen molar-refractivity contribution in [3.63, 3.8) is 0 Å². The summed E-state index contributed by atoms with van der Waals surface area (Å²) in [6.45, 7) is 0. The van der Waals surface area contributed by atoms with Crippen molar-refractivity contribution in [2.45, 2.75) is 25.2 Å². The molecule has 0 saturated heterocycles. The number of hydrogen-bond acceptors (Lipinski definition) is 2. The predicted octanol–water partition coefficient (Wildman–Crippen LogP) is 5.01. The molecular weight excluding hydrogens is 308 g/mol. The summed E-state index contributed by atoms with van der Waals surface area (Å²) >= 11 is 4.97. The first-order valence-corrected chi connectivity index (χ1v) is 7.80. The normalized spacial score (nSPS) is 15.4. The van der Waals surface area contributed by atoms with Crippen LogP contribution in [-0.2, 0) is 0 Å². The minimum Gasteiger partial charge on any atom is -0.289 e. The average molecular weight is 321 g/mol. The molecule has 0 bridgehead atoms. The van der Waals surface area contributed by atoms with Crippen molar-refractivity contribution in [1.29, 1.82) is 0 Å². The first-order valence-electron chi connectivity index (χ1n) is 6.13. The number of carbonyl (C=O) groups excluding carboxylic acids is 1. The van der Waals surface area contributed by atoms with E-state index in [2.05, 4.69) is 22.0 Å². The number of thiophene rings is 1. The molecule has 0 spiro atoms. The van der Waals surface area contributed by atoms with E-state index in [1.54, 1.807) is 11.3 Å². The van der Waals surface area contributed by atoms with Crippen molar-refractivity contribution in [3.05, 3.63) is 56.2 Å². The predicted molar refractivity (Wildman–Crippen MR) is 78.5 cm³/mol. The van der Waals surface area contributed by atoms with E-state index in [-0.39, 0.29) is 5.78 Å². The number of benzene rings is 1. The molecule has 1 aromatic carbocycles. The molecule has 0 amide bonds. The van der Waals surface area contributed by atoms with Gasteiger partial charge in [-0.05, 0) is 46.3 Å². The molecular formula is C15H13BrOS. The maximum Gasteiger partial charge on any atom is 0.194 e. The molecule has 0 atom stereocenters. The maximum absolute atomic E-state index is 12.5. The molecule has 92 valence electrons. The van der Waals surface area contributed by atoms with Crippen molar-refractivity contribution in [1.82, 2.24) is 0 Å². The fourth-order valence-electron chi connectivity index (χ4n) is 2.36. The van der Waals surface area contributed by atoms with Crippen LogP contribution in [0.2, 0.25) is 0 Å². The summed E-state index contributed by atoms with van der Waals surface area (Å²) in [5.74, 6) is 0.742. The lowest BCUT2D eigenvalue weighted by atomic mass is 9.77. The highest BCUT2D eigenvalue weighted by Crippen LogP contribution is 2.38. The molecule has 18 heavy (non-hydrogen) atoms. The van der Waals surface area contributed by atoms with Crippen molar-refractivity contribution in [2.24, 2.45) is 0 Å². The number of ketones is 1. The summed E-state index contributed by atoms with van der Waals surface area (Å²) in [4.78, 5) is 12.5. The van der Waals surface area contributed by atoms with Crippen molar-refractivity contribution >= 4 is 33.0 Å². The SMILES string of the molecule is O=C(c1csc(Br)c1)c1ccccc1C1CCC1. The number of carbonyl (C=O) groups is 1. The quantitative estimate of drug-likeness (QED) is 0.726. The molecule has 1 aromatic heterocycles. The van der Waals surface area contributed by atoms with Gasteiger partial charge in [0.15, 0.2) is 5.78 Å². The van der Waals surface area contributed by atoms with Crippen LogP contribution in [0, 0.1) is 0 Å². The Morgan fingerprint density at radius 3 is 2.67 bits per heavy atom. The van der Waals surface area contributed by atoms with E-state index in [0.29, 0.717) is 5.92 Å². The first kappa shape index (κ1) is 12.1. The lowest BCUT2D eigenvalue weighted by molar-refractivity contribution is 0.103. The van der Waals surface area contributed by atoms with Gasteiger partial charge in [0.1, 0.15) is 0 Å². The van der Waals surface area contributed by atoms with E-state index in [0.717, 1.165) is 14.9 Å². The van der Waals surface area contributed by atoms with E-state index in [1.165, 1.54) is 24.8 Å². The Bertz CT molecular complexity index is 584. The standard InChI is InChI=1S/C15H13BrOS/c16-14-8-11(9-18-14)15(17)13-7-2-1-6-12(13)10-4-3-5-10/h1-2,6-10H,3-5H2. The van der Waals surface area contributed by atoms with Crippen LogP contribution in [0.3, 0.4) is 0 Å². The van der Waals surface area contributed by atoms with Gasteiger partial charge in [-0.1, -0.05) is 30.7 Å². The van der Waals surface area contributed by atoms with Crippen molar-refractivity contribution in [3.8, 4) is 0 Å². The summed E-state index contributed by atoms with van der Waals surface area (Å²) in [5.41, 5.74) is 2.90. The molecule has 3 heteroatoms. The summed E-state index contributed by atoms with van der Waals surface area (Å²) in [6.07, 6.45) is 3.73. The van der Waals surface area contributed by atoms with Gasteiger partial charge in [0, 0.05) is 16.5 Å². The van der Waals surface area contributed by atoms with Gasteiger partial charge in [-0.3, -0.25) is 4.79 Å². The Hall–Kier alpha value is -0.930. The summed E-state index contributed by atoms with van der Waals surface area (Å²) in [7, 11) is 0. The van der Waals surface area contributed by atoms with Gasteiger partial charge in [0.05, 0.1) is 3.79 Å². The van der Waals surface area contributed by atoms with Crippen molar-refractivity contribution in [2.75, 3.05) is 0 Å². The second-order valence-corrected chi connectivity index (χ2v) is 6.97. The van der Waals surface area contributed by atoms with Gasteiger partial charge in [0.2, 0.25) is 0 Å². The number of rotatable bonds is 3. The third kappa shape index (κ3) is 2.17. The Kier molecular flexibility index (Phi) is 3.35.